The third-order valence-corrected chi connectivity index (χ3v) is 4.96. The van der Waals surface area contributed by atoms with Crippen molar-refractivity contribution in [1.82, 2.24) is 10.6 Å². The Morgan fingerprint density at radius 3 is 2.30 bits per heavy atom. The standard InChI is InChI=1S/C25H28N2O3/c1-17(2)20-11-6-7-14-23(20)30-18(3)24(28)26-15-16-27-25(29)22-13-8-10-19-9-4-5-12-21(19)22/h4-14,17-18H,15-16H2,1-3H3,(H,26,28)(H,27,29). The second kappa shape index (κ2) is 9.92. The zero-order valence-electron chi connectivity index (χ0n) is 17.6. The van der Waals surface area contributed by atoms with Gasteiger partial charge >= 0.3 is 0 Å². The van der Waals surface area contributed by atoms with Gasteiger partial charge in [-0.3, -0.25) is 9.59 Å². The van der Waals surface area contributed by atoms with Crippen LogP contribution in [0.15, 0.2) is 66.7 Å². The molecule has 1 unspecified atom stereocenters. The fourth-order valence-electron chi connectivity index (χ4n) is 3.33. The quantitative estimate of drug-likeness (QED) is 0.551. The van der Waals surface area contributed by atoms with Crippen molar-refractivity contribution >= 4 is 22.6 Å². The summed E-state index contributed by atoms with van der Waals surface area (Å²) in [5.74, 6) is 0.657. The molecule has 0 saturated carbocycles. The molecular formula is C25H28N2O3. The number of hydrogen-bond donors (Lipinski definition) is 2. The van der Waals surface area contributed by atoms with Crippen LogP contribution in [0.4, 0.5) is 0 Å². The van der Waals surface area contributed by atoms with E-state index in [-0.39, 0.29) is 11.8 Å². The first-order chi connectivity index (χ1) is 14.5. The molecule has 0 radical (unpaired) electrons. The monoisotopic (exact) mass is 404 g/mol. The van der Waals surface area contributed by atoms with Crippen LogP contribution in [0.5, 0.6) is 5.75 Å². The highest BCUT2D eigenvalue weighted by molar-refractivity contribution is 6.07. The Hall–Kier alpha value is -3.34. The molecule has 1 atom stereocenters. The summed E-state index contributed by atoms with van der Waals surface area (Å²) in [6.07, 6.45) is -0.626. The lowest BCUT2D eigenvalue weighted by molar-refractivity contribution is -0.127. The van der Waals surface area contributed by atoms with Crippen molar-refractivity contribution in [1.29, 1.82) is 0 Å². The summed E-state index contributed by atoms with van der Waals surface area (Å²) in [6.45, 7) is 6.57. The van der Waals surface area contributed by atoms with E-state index in [0.717, 1.165) is 22.1 Å². The highest BCUT2D eigenvalue weighted by Crippen LogP contribution is 2.26. The van der Waals surface area contributed by atoms with Crippen LogP contribution in [0.1, 0.15) is 42.6 Å². The molecule has 0 aliphatic heterocycles. The fourth-order valence-corrected chi connectivity index (χ4v) is 3.33. The van der Waals surface area contributed by atoms with Crippen LogP contribution in [0.3, 0.4) is 0 Å². The molecular weight excluding hydrogens is 376 g/mol. The van der Waals surface area contributed by atoms with Gasteiger partial charge in [0.15, 0.2) is 6.10 Å². The predicted molar refractivity (Wildman–Crippen MR) is 120 cm³/mol. The lowest BCUT2D eigenvalue weighted by Gasteiger charge is -2.18. The Balaban J connectivity index is 1.49. The third-order valence-electron chi connectivity index (χ3n) is 4.96. The summed E-state index contributed by atoms with van der Waals surface area (Å²) in [5.41, 5.74) is 1.70. The topological polar surface area (TPSA) is 67.4 Å². The van der Waals surface area contributed by atoms with Crippen LogP contribution < -0.4 is 15.4 Å². The van der Waals surface area contributed by atoms with E-state index in [1.165, 1.54) is 0 Å². The first-order valence-corrected chi connectivity index (χ1v) is 10.3. The molecule has 3 rings (SSSR count). The molecule has 3 aromatic rings. The van der Waals surface area contributed by atoms with Crippen LogP contribution in [0.2, 0.25) is 0 Å². The number of hydrogen-bond acceptors (Lipinski definition) is 3. The minimum Gasteiger partial charge on any atom is -0.481 e. The maximum absolute atomic E-state index is 12.5. The largest absolute Gasteiger partial charge is 0.481 e. The Morgan fingerprint density at radius 2 is 1.50 bits per heavy atom. The molecule has 2 amide bonds. The predicted octanol–water partition coefficient (Wildman–Crippen LogP) is 4.28. The Morgan fingerprint density at radius 1 is 0.833 bits per heavy atom. The first-order valence-electron chi connectivity index (χ1n) is 10.3. The van der Waals surface area contributed by atoms with E-state index in [1.54, 1.807) is 13.0 Å². The maximum Gasteiger partial charge on any atom is 0.260 e. The van der Waals surface area contributed by atoms with Crippen molar-refractivity contribution in [3.8, 4) is 5.75 Å². The van der Waals surface area contributed by atoms with Crippen LogP contribution in [0.25, 0.3) is 10.8 Å². The van der Waals surface area contributed by atoms with Gasteiger partial charge in [-0.1, -0.05) is 68.4 Å². The second-order valence-corrected chi connectivity index (χ2v) is 7.53. The van der Waals surface area contributed by atoms with Crippen molar-refractivity contribution < 1.29 is 14.3 Å². The Kier molecular flexibility index (Phi) is 7.07. The number of carbonyl (C=O) groups is 2. The molecule has 156 valence electrons. The third kappa shape index (κ3) is 5.17. The highest BCUT2D eigenvalue weighted by Gasteiger charge is 2.17. The summed E-state index contributed by atoms with van der Waals surface area (Å²) in [5, 5.41) is 7.61. The van der Waals surface area contributed by atoms with Gasteiger partial charge in [-0.25, -0.2) is 0 Å². The molecule has 2 N–H and O–H groups in total. The maximum atomic E-state index is 12.5. The van der Waals surface area contributed by atoms with Crippen molar-refractivity contribution in [2.75, 3.05) is 13.1 Å². The summed E-state index contributed by atoms with van der Waals surface area (Å²) in [7, 11) is 0. The van der Waals surface area contributed by atoms with Gasteiger partial charge in [-0.2, -0.15) is 0 Å². The summed E-state index contributed by atoms with van der Waals surface area (Å²) < 4.78 is 5.86. The van der Waals surface area contributed by atoms with Gasteiger partial charge in [-0.15, -0.1) is 0 Å². The lowest BCUT2D eigenvalue weighted by atomic mass is 10.0. The molecule has 3 aromatic carbocycles. The Labute approximate surface area is 177 Å². The fraction of sp³-hybridized carbons (Fsp3) is 0.280. The van der Waals surface area contributed by atoms with E-state index in [1.807, 2.05) is 60.7 Å². The molecule has 0 bridgehead atoms. The number of ether oxygens (including phenoxy) is 1. The van der Waals surface area contributed by atoms with E-state index in [2.05, 4.69) is 24.5 Å². The SMILES string of the molecule is CC(Oc1ccccc1C(C)C)C(=O)NCCNC(=O)c1cccc2ccccc12. The average Bonchev–Trinajstić information content (AvgIpc) is 2.76. The molecule has 0 fully saturated rings. The second-order valence-electron chi connectivity index (χ2n) is 7.53. The van der Waals surface area contributed by atoms with Gasteiger partial charge in [0.25, 0.3) is 11.8 Å². The molecule has 0 aromatic heterocycles. The van der Waals surface area contributed by atoms with Crippen molar-refractivity contribution in [2.24, 2.45) is 0 Å². The molecule has 0 aliphatic rings. The van der Waals surface area contributed by atoms with E-state index in [9.17, 15) is 9.59 Å². The molecule has 0 spiro atoms. The lowest BCUT2D eigenvalue weighted by Crippen LogP contribution is -2.40. The van der Waals surface area contributed by atoms with Crippen LogP contribution in [0, 0.1) is 0 Å². The number of nitrogens with one attached hydrogen (secondary N) is 2. The van der Waals surface area contributed by atoms with Gasteiger partial charge in [0, 0.05) is 18.7 Å². The van der Waals surface area contributed by atoms with E-state index >= 15 is 0 Å². The van der Waals surface area contributed by atoms with Crippen molar-refractivity contribution in [3.63, 3.8) is 0 Å². The number of benzene rings is 3. The van der Waals surface area contributed by atoms with E-state index < -0.39 is 6.10 Å². The van der Waals surface area contributed by atoms with Gasteiger partial charge in [0.05, 0.1) is 0 Å². The smallest absolute Gasteiger partial charge is 0.260 e. The first kappa shape index (κ1) is 21.4. The molecule has 0 aliphatic carbocycles. The molecule has 30 heavy (non-hydrogen) atoms. The molecule has 5 nitrogen and oxygen atoms in total. The average molecular weight is 405 g/mol. The van der Waals surface area contributed by atoms with Gasteiger partial charge < -0.3 is 15.4 Å². The van der Waals surface area contributed by atoms with Gasteiger partial charge in [0.2, 0.25) is 0 Å². The van der Waals surface area contributed by atoms with Crippen molar-refractivity contribution in [2.45, 2.75) is 32.8 Å². The summed E-state index contributed by atoms with van der Waals surface area (Å²) >= 11 is 0. The minimum atomic E-state index is -0.626. The van der Waals surface area contributed by atoms with Crippen molar-refractivity contribution in [3.05, 3.63) is 77.9 Å². The number of para-hydroxylation sites is 1. The van der Waals surface area contributed by atoms with Gasteiger partial charge in [0.1, 0.15) is 5.75 Å². The van der Waals surface area contributed by atoms with E-state index in [0.29, 0.717) is 24.6 Å². The zero-order chi connectivity index (χ0) is 21.5. The van der Waals surface area contributed by atoms with E-state index in [4.69, 9.17) is 4.74 Å². The Bertz CT molecular complexity index is 1020. The normalized spacial score (nSPS) is 11.9. The van der Waals surface area contributed by atoms with Crippen LogP contribution in [-0.4, -0.2) is 31.0 Å². The zero-order valence-corrected chi connectivity index (χ0v) is 17.6. The summed E-state index contributed by atoms with van der Waals surface area (Å²) in [6, 6.07) is 21.2. The minimum absolute atomic E-state index is 0.156. The number of fused-ring (bicyclic) bond motifs is 1. The highest BCUT2D eigenvalue weighted by atomic mass is 16.5. The number of carbonyl (C=O) groups excluding carboxylic acids is 2. The molecule has 5 heteroatoms. The molecule has 0 saturated heterocycles. The van der Waals surface area contributed by atoms with Crippen LogP contribution in [-0.2, 0) is 4.79 Å². The molecule has 0 heterocycles. The van der Waals surface area contributed by atoms with Crippen LogP contribution >= 0.6 is 0 Å². The van der Waals surface area contributed by atoms with Gasteiger partial charge in [-0.05, 0) is 41.3 Å². The number of amides is 2. The summed E-state index contributed by atoms with van der Waals surface area (Å²) in [4.78, 5) is 24.9. The number of rotatable bonds is 8.